The number of fused-ring (bicyclic) bond motifs is 1. The summed E-state index contributed by atoms with van der Waals surface area (Å²) in [6, 6.07) is 4.95. The van der Waals surface area contributed by atoms with Gasteiger partial charge in [-0.2, -0.15) is 5.10 Å². The van der Waals surface area contributed by atoms with Crippen LogP contribution in [0.1, 0.15) is 16.8 Å². The average molecular weight is 444 g/mol. The molecule has 2 aromatic carbocycles. The van der Waals surface area contributed by atoms with Gasteiger partial charge >= 0.3 is 0 Å². The number of nitrogens with zero attached hydrogens (tertiary/aromatic N) is 4. The molecule has 8 nitrogen and oxygen atoms in total. The second-order valence-corrected chi connectivity index (χ2v) is 6.96. The number of nitrogens with one attached hydrogen (secondary N) is 1. The number of hydrogen-bond acceptors (Lipinski definition) is 7. The molecule has 0 bridgehead atoms. The predicted octanol–water partition coefficient (Wildman–Crippen LogP) is 4.14. The molecule has 0 unspecified atom stereocenters. The molecule has 1 N–H and O–H groups in total. The number of carbonyl (C=O) groups excluding carboxylic acids is 1. The van der Waals surface area contributed by atoms with Crippen molar-refractivity contribution in [1.82, 2.24) is 15.3 Å². The van der Waals surface area contributed by atoms with Gasteiger partial charge in [-0.15, -0.1) is 5.10 Å². The van der Waals surface area contributed by atoms with Gasteiger partial charge in [0, 0.05) is 42.2 Å². The van der Waals surface area contributed by atoms with E-state index in [2.05, 4.69) is 25.5 Å². The van der Waals surface area contributed by atoms with Gasteiger partial charge in [0.1, 0.15) is 22.9 Å². The van der Waals surface area contributed by atoms with Crippen LogP contribution in [0.3, 0.4) is 0 Å². The van der Waals surface area contributed by atoms with Crippen LogP contribution in [0.2, 0.25) is 10.0 Å². The van der Waals surface area contributed by atoms with Crippen LogP contribution < -0.4 is 14.8 Å². The van der Waals surface area contributed by atoms with Crippen molar-refractivity contribution in [3.05, 3.63) is 46.2 Å². The van der Waals surface area contributed by atoms with Crippen molar-refractivity contribution in [3.8, 4) is 22.6 Å². The van der Waals surface area contributed by atoms with E-state index in [0.29, 0.717) is 61.5 Å². The van der Waals surface area contributed by atoms with E-state index in [1.807, 2.05) is 0 Å². The smallest absolute Gasteiger partial charge is 0.258 e. The predicted molar refractivity (Wildman–Crippen MR) is 116 cm³/mol. The highest BCUT2D eigenvalue weighted by Gasteiger charge is 2.23. The number of amides is 1. The fourth-order valence-corrected chi connectivity index (χ4v) is 3.82. The third-order valence-corrected chi connectivity index (χ3v) is 5.27. The van der Waals surface area contributed by atoms with E-state index in [1.165, 1.54) is 26.6 Å². The lowest BCUT2D eigenvalue weighted by molar-refractivity contribution is 0.0978. The van der Waals surface area contributed by atoms with Gasteiger partial charge in [0.2, 0.25) is 0 Å². The van der Waals surface area contributed by atoms with Crippen LogP contribution in [-0.4, -0.2) is 42.1 Å². The Labute approximate surface area is 181 Å². The van der Waals surface area contributed by atoms with Crippen LogP contribution in [0.4, 0.5) is 0 Å². The molecular weight excluding hydrogens is 429 g/mol. The minimum absolute atomic E-state index is 0.296. The van der Waals surface area contributed by atoms with E-state index in [0.717, 1.165) is 0 Å². The van der Waals surface area contributed by atoms with Crippen LogP contribution in [0.15, 0.2) is 40.8 Å². The summed E-state index contributed by atoms with van der Waals surface area (Å²) in [6.07, 6.45) is 5.11. The summed E-state index contributed by atoms with van der Waals surface area (Å²) >= 11 is 13.1. The van der Waals surface area contributed by atoms with Gasteiger partial charge < -0.3 is 14.8 Å². The lowest BCUT2D eigenvalue weighted by Crippen LogP contribution is -2.29. The van der Waals surface area contributed by atoms with E-state index < -0.39 is 0 Å². The van der Waals surface area contributed by atoms with Gasteiger partial charge in [0.25, 0.3) is 5.91 Å². The number of hydrogen-bond donors (Lipinski definition) is 1. The van der Waals surface area contributed by atoms with Gasteiger partial charge in [-0.1, -0.05) is 29.3 Å². The lowest BCUT2D eigenvalue weighted by atomic mass is 9.99. The molecule has 1 amide bonds. The maximum atomic E-state index is 12.8. The SMILES string of the molecule is COc1cc(OC)c(Cl)c(-c2ccc(C(=O)NC3=NN=CC3)c3nccnc23)c1Cl. The van der Waals surface area contributed by atoms with E-state index in [1.54, 1.807) is 24.4 Å². The van der Waals surface area contributed by atoms with Gasteiger partial charge in [-0.3, -0.25) is 14.8 Å². The Morgan fingerprint density at radius 1 is 1.03 bits per heavy atom. The average Bonchev–Trinajstić information content (AvgIpc) is 3.27. The molecule has 0 radical (unpaired) electrons. The largest absolute Gasteiger partial charge is 0.495 e. The van der Waals surface area contributed by atoms with Crippen LogP contribution in [-0.2, 0) is 0 Å². The summed E-state index contributed by atoms with van der Waals surface area (Å²) < 4.78 is 10.7. The zero-order chi connectivity index (χ0) is 21.3. The molecular formula is C20H15Cl2N5O3. The number of aromatic nitrogens is 2. The Morgan fingerprint density at radius 2 is 1.70 bits per heavy atom. The van der Waals surface area contributed by atoms with Crippen molar-refractivity contribution < 1.29 is 14.3 Å². The van der Waals surface area contributed by atoms with Crippen LogP contribution in [0.5, 0.6) is 11.5 Å². The second-order valence-electron chi connectivity index (χ2n) is 6.20. The third kappa shape index (κ3) is 3.44. The number of benzene rings is 2. The Hall–Kier alpha value is -3.23. The minimum Gasteiger partial charge on any atom is -0.495 e. The fourth-order valence-electron chi connectivity index (χ4n) is 3.12. The zero-order valence-corrected chi connectivity index (χ0v) is 17.5. The molecule has 0 atom stereocenters. The fraction of sp³-hybridized carbons (Fsp3) is 0.150. The molecule has 0 aliphatic carbocycles. The first-order valence-corrected chi connectivity index (χ1v) is 9.54. The summed E-state index contributed by atoms with van der Waals surface area (Å²) in [7, 11) is 3.00. The topological polar surface area (TPSA) is 98.1 Å². The molecule has 10 heteroatoms. The number of ether oxygens (including phenoxy) is 2. The molecule has 0 spiro atoms. The second kappa shape index (κ2) is 8.25. The summed E-state index contributed by atoms with van der Waals surface area (Å²) in [6.45, 7) is 0. The van der Waals surface area contributed by atoms with Crippen molar-refractivity contribution in [2.24, 2.45) is 10.2 Å². The maximum Gasteiger partial charge on any atom is 0.258 e. The highest BCUT2D eigenvalue weighted by molar-refractivity contribution is 6.41. The number of methoxy groups -OCH3 is 2. The molecule has 1 aliphatic heterocycles. The molecule has 30 heavy (non-hydrogen) atoms. The standard InChI is InChI=1S/C20H15Cl2N5O3/c1-29-12-9-13(30-2)17(22)15(16(12)21)10-3-4-11(19-18(10)23-7-8-24-19)20(28)26-14-5-6-25-27-14/h3-4,6-9H,5H2,1-2H3,(H,26,27,28). The molecule has 3 aromatic rings. The highest BCUT2D eigenvalue weighted by Crippen LogP contribution is 2.47. The first-order chi connectivity index (χ1) is 14.5. The summed E-state index contributed by atoms with van der Waals surface area (Å²) in [5, 5.41) is 10.9. The first kappa shape index (κ1) is 20.1. The molecule has 152 valence electrons. The molecule has 1 aromatic heterocycles. The molecule has 1 aliphatic rings. The number of halogens is 2. The van der Waals surface area contributed by atoms with Crippen molar-refractivity contribution in [3.63, 3.8) is 0 Å². The minimum atomic E-state index is -0.364. The summed E-state index contributed by atoms with van der Waals surface area (Å²) in [5.74, 6) is 0.887. The van der Waals surface area contributed by atoms with E-state index >= 15 is 0 Å². The van der Waals surface area contributed by atoms with Gasteiger partial charge in [0.05, 0.1) is 35.3 Å². The molecule has 0 saturated carbocycles. The quantitative estimate of drug-likeness (QED) is 0.653. The van der Waals surface area contributed by atoms with Crippen molar-refractivity contribution in [2.45, 2.75) is 6.42 Å². The van der Waals surface area contributed by atoms with Crippen molar-refractivity contribution in [2.75, 3.05) is 14.2 Å². The number of amidine groups is 1. The first-order valence-electron chi connectivity index (χ1n) is 8.79. The number of carbonyl (C=O) groups is 1. The van der Waals surface area contributed by atoms with Gasteiger partial charge in [-0.25, -0.2) is 0 Å². The van der Waals surface area contributed by atoms with Crippen LogP contribution >= 0.6 is 23.2 Å². The van der Waals surface area contributed by atoms with E-state index in [4.69, 9.17) is 32.7 Å². The molecule has 0 saturated heterocycles. The highest BCUT2D eigenvalue weighted by atomic mass is 35.5. The summed E-state index contributed by atoms with van der Waals surface area (Å²) in [5.41, 5.74) is 2.23. The normalized spacial score (nSPS) is 12.7. The Kier molecular flexibility index (Phi) is 5.52. The Morgan fingerprint density at radius 3 is 2.30 bits per heavy atom. The zero-order valence-electron chi connectivity index (χ0n) is 15.9. The Balaban J connectivity index is 1.90. The summed E-state index contributed by atoms with van der Waals surface area (Å²) in [4.78, 5) is 21.6. The Bertz CT molecular complexity index is 1200. The monoisotopic (exact) mass is 443 g/mol. The molecule has 2 heterocycles. The lowest BCUT2D eigenvalue weighted by Gasteiger charge is -2.16. The third-order valence-electron chi connectivity index (χ3n) is 4.52. The molecule has 4 rings (SSSR count). The number of rotatable bonds is 4. The van der Waals surface area contributed by atoms with E-state index in [-0.39, 0.29) is 5.91 Å². The van der Waals surface area contributed by atoms with Crippen molar-refractivity contribution >= 4 is 52.2 Å². The van der Waals surface area contributed by atoms with E-state index in [9.17, 15) is 4.79 Å². The van der Waals surface area contributed by atoms with Crippen LogP contribution in [0.25, 0.3) is 22.2 Å². The van der Waals surface area contributed by atoms with Crippen molar-refractivity contribution in [1.29, 1.82) is 0 Å². The van der Waals surface area contributed by atoms with Gasteiger partial charge in [-0.05, 0) is 6.07 Å². The van der Waals surface area contributed by atoms with Gasteiger partial charge in [0.15, 0.2) is 0 Å². The molecule has 0 fully saturated rings. The maximum absolute atomic E-state index is 12.8. The van der Waals surface area contributed by atoms with Crippen LogP contribution in [0, 0.1) is 0 Å².